The Morgan fingerprint density at radius 3 is 2.15 bits per heavy atom. The second-order valence-corrected chi connectivity index (χ2v) is 5.47. The van der Waals surface area contributed by atoms with Gasteiger partial charge in [0.25, 0.3) is 0 Å². The van der Waals surface area contributed by atoms with Gasteiger partial charge < -0.3 is 14.9 Å². The predicted molar refractivity (Wildman–Crippen MR) is 63.1 cm³/mol. The number of nitrogens with zero attached hydrogens (tertiary/aromatic N) is 2. The lowest BCUT2D eigenvalue weighted by atomic mass is 10.3. The molecule has 0 unspecified atom stereocenters. The van der Waals surface area contributed by atoms with E-state index in [4.69, 9.17) is 5.11 Å². The van der Waals surface area contributed by atoms with E-state index in [0.29, 0.717) is 17.4 Å². The van der Waals surface area contributed by atoms with Gasteiger partial charge in [0.2, 0.25) is 0 Å². The van der Waals surface area contributed by atoms with Gasteiger partial charge in [-0.25, -0.2) is 4.79 Å². The molecule has 2 rings (SSSR count). The third-order valence-electron chi connectivity index (χ3n) is 3.35. The van der Waals surface area contributed by atoms with E-state index < -0.39 is 31.3 Å². The van der Waals surface area contributed by atoms with Crippen LogP contribution in [0.2, 0.25) is 0 Å². The number of carbonyl (C=O) groups excluding carboxylic acids is 1. The number of hydrogen-bond acceptors (Lipinski definition) is 2. The summed E-state index contributed by atoms with van der Waals surface area (Å²) in [6, 6.07) is -0.827. The monoisotopic (exact) mass is 294 g/mol. The van der Waals surface area contributed by atoms with Crippen molar-refractivity contribution in [1.82, 2.24) is 9.80 Å². The molecule has 2 saturated carbocycles. The van der Waals surface area contributed by atoms with Gasteiger partial charge >= 0.3 is 18.2 Å². The number of carboxylic acid groups (broad SMARTS) is 1. The fraction of sp³-hybridized carbons (Fsp3) is 0.833. The van der Waals surface area contributed by atoms with Crippen LogP contribution in [0.25, 0.3) is 0 Å². The Hall–Kier alpha value is -1.47. The number of rotatable bonds is 6. The second-order valence-electron chi connectivity index (χ2n) is 5.47. The Morgan fingerprint density at radius 1 is 1.15 bits per heavy atom. The highest BCUT2D eigenvalue weighted by molar-refractivity contribution is 5.80. The maximum atomic E-state index is 12.5. The zero-order valence-corrected chi connectivity index (χ0v) is 10.9. The lowest BCUT2D eigenvalue weighted by molar-refractivity contribution is -0.149. The minimum atomic E-state index is -4.60. The van der Waals surface area contributed by atoms with Crippen molar-refractivity contribution in [2.45, 2.75) is 37.9 Å². The largest absolute Gasteiger partial charge is 0.480 e. The molecule has 0 aromatic rings. The highest BCUT2D eigenvalue weighted by atomic mass is 19.4. The van der Waals surface area contributed by atoms with Crippen molar-refractivity contribution in [1.29, 1.82) is 0 Å². The Balaban J connectivity index is 2.03. The molecule has 0 heterocycles. The normalized spacial score (nSPS) is 18.8. The molecule has 5 nitrogen and oxygen atoms in total. The molecule has 2 fully saturated rings. The van der Waals surface area contributed by atoms with E-state index in [0.717, 1.165) is 25.7 Å². The second kappa shape index (κ2) is 5.49. The van der Waals surface area contributed by atoms with Crippen molar-refractivity contribution < 1.29 is 27.9 Å². The van der Waals surface area contributed by atoms with E-state index in [1.807, 2.05) is 0 Å². The summed E-state index contributed by atoms with van der Waals surface area (Å²) in [5.74, 6) is -1.08. The van der Waals surface area contributed by atoms with Gasteiger partial charge in [-0.2, -0.15) is 13.2 Å². The Labute approximate surface area is 114 Å². The van der Waals surface area contributed by atoms with Crippen LogP contribution in [0.3, 0.4) is 0 Å². The highest BCUT2D eigenvalue weighted by Gasteiger charge is 2.41. The lowest BCUT2D eigenvalue weighted by Crippen LogP contribution is -2.50. The smallest absolute Gasteiger partial charge is 0.406 e. The fourth-order valence-electron chi connectivity index (χ4n) is 2.10. The van der Waals surface area contributed by atoms with Gasteiger partial charge in [0.1, 0.15) is 13.1 Å². The standard InChI is InChI=1S/C12H17F3N2O3/c13-12(14,15)7-16(6-10(18)19)11(20)17(9-3-4-9)5-8-1-2-8/h8-9H,1-7H2,(H,18,19). The fourth-order valence-corrected chi connectivity index (χ4v) is 2.10. The van der Waals surface area contributed by atoms with Crippen LogP contribution >= 0.6 is 0 Å². The first-order valence-corrected chi connectivity index (χ1v) is 6.60. The number of halogens is 3. The van der Waals surface area contributed by atoms with Gasteiger partial charge in [0.05, 0.1) is 0 Å². The summed E-state index contributed by atoms with van der Waals surface area (Å²) in [6.07, 6.45) is -1.07. The van der Waals surface area contributed by atoms with E-state index in [1.165, 1.54) is 4.90 Å². The molecule has 0 spiro atoms. The van der Waals surface area contributed by atoms with Crippen LogP contribution < -0.4 is 0 Å². The van der Waals surface area contributed by atoms with Crippen LogP contribution in [-0.2, 0) is 4.79 Å². The summed E-state index contributed by atoms with van der Waals surface area (Å²) >= 11 is 0. The molecule has 20 heavy (non-hydrogen) atoms. The third-order valence-corrected chi connectivity index (χ3v) is 3.35. The number of aliphatic carboxylic acids is 1. The molecule has 0 atom stereocenters. The molecule has 0 aromatic carbocycles. The highest BCUT2D eigenvalue weighted by Crippen LogP contribution is 2.35. The quantitative estimate of drug-likeness (QED) is 0.814. The summed E-state index contributed by atoms with van der Waals surface area (Å²) in [4.78, 5) is 24.7. The lowest BCUT2D eigenvalue weighted by Gasteiger charge is -2.30. The Kier molecular flexibility index (Phi) is 4.10. The number of urea groups is 1. The maximum Gasteiger partial charge on any atom is 0.406 e. The first-order valence-electron chi connectivity index (χ1n) is 6.60. The van der Waals surface area contributed by atoms with Gasteiger partial charge in [-0.1, -0.05) is 0 Å². The number of alkyl halides is 3. The number of carbonyl (C=O) groups is 2. The zero-order valence-electron chi connectivity index (χ0n) is 10.9. The van der Waals surface area contributed by atoms with E-state index >= 15 is 0 Å². The van der Waals surface area contributed by atoms with E-state index in [-0.39, 0.29) is 6.04 Å². The summed E-state index contributed by atoms with van der Waals surface area (Å²) in [5.41, 5.74) is 0. The third kappa shape index (κ3) is 4.57. The van der Waals surface area contributed by atoms with Crippen molar-refractivity contribution in [3.05, 3.63) is 0 Å². The topological polar surface area (TPSA) is 60.9 Å². The molecule has 0 radical (unpaired) electrons. The van der Waals surface area contributed by atoms with Gasteiger partial charge in [0.15, 0.2) is 0 Å². The molecule has 0 saturated heterocycles. The number of hydrogen-bond donors (Lipinski definition) is 1. The summed E-state index contributed by atoms with van der Waals surface area (Å²) in [5, 5.41) is 8.68. The van der Waals surface area contributed by atoms with Crippen molar-refractivity contribution in [2.75, 3.05) is 19.6 Å². The zero-order chi connectivity index (χ0) is 14.9. The summed E-state index contributed by atoms with van der Waals surface area (Å²) in [7, 11) is 0. The van der Waals surface area contributed by atoms with E-state index in [9.17, 15) is 22.8 Å². The Bertz CT molecular complexity index is 392. The van der Waals surface area contributed by atoms with Gasteiger partial charge in [0, 0.05) is 12.6 Å². The summed E-state index contributed by atoms with van der Waals surface area (Å²) in [6.45, 7) is -2.00. The number of amides is 2. The van der Waals surface area contributed by atoms with Crippen LogP contribution in [0, 0.1) is 5.92 Å². The number of carboxylic acids is 1. The molecule has 2 aliphatic carbocycles. The molecule has 114 valence electrons. The van der Waals surface area contributed by atoms with Crippen molar-refractivity contribution in [2.24, 2.45) is 5.92 Å². The predicted octanol–water partition coefficient (Wildman–Crippen LogP) is 1.93. The van der Waals surface area contributed by atoms with Gasteiger partial charge in [-0.05, 0) is 31.6 Å². The minimum Gasteiger partial charge on any atom is -0.480 e. The van der Waals surface area contributed by atoms with Crippen LogP contribution in [0.5, 0.6) is 0 Å². The van der Waals surface area contributed by atoms with Crippen molar-refractivity contribution >= 4 is 12.0 Å². The minimum absolute atomic E-state index is 0.0207. The molecule has 0 aliphatic heterocycles. The van der Waals surface area contributed by atoms with Crippen LogP contribution in [0.1, 0.15) is 25.7 Å². The molecule has 8 heteroatoms. The van der Waals surface area contributed by atoms with Crippen LogP contribution in [-0.4, -0.2) is 58.8 Å². The van der Waals surface area contributed by atoms with Gasteiger partial charge in [-0.15, -0.1) is 0 Å². The SMILES string of the molecule is O=C(O)CN(CC(F)(F)F)C(=O)N(CC1CC1)C1CC1. The average molecular weight is 294 g/mol. The van der Waals surface area contributed by atoms with E-state index in [1.54, 1.807) is 0 Å². The first-order chi connectivity index (χ1) is 9.26. The maximum absolute atomic E-state index is 12.5. The molecule has 0 aromatic heterocycles. The van der Waals surface area contributed by atoms with Crippen LogP contribution in [0.4, 0.5) is 18.0 Å². The first kappa shape index (κ1) is 14.9. The summed E-state index contributed by atoms with van der Waals surface area (Å²) < 4.78 is 37.4. The molecular formula is C12H17F3N2O3. The van der Waals surface area contributed by atoms with Crippen LogP contribution in [0.15, 0.2) is 0 Å². The van der Waals surface area contributed by atoms with Crippen molar-refractivity contribution in [3.8, 4) is 0 Å². The Morgan fingerprint density at radius 2 is 1.75 bits per heavy atom. The molecule has 2 amide bonds. The van der Waals surface area contributed by atoms with Gasteiger partial charge in [-0.3, -0.25) is 4.79 Å². The average Bonchev–Trinajstić information content (AvgIpc) is 3.12. The molecule has 1 N–H and O–H groups in total. The molecule has 0 bridgehead atoms. The van der Waals surface area contributed by atoms with E-state index in [2.05, 4.69) is 0 Å². The molecular weight excluding hydrogens is 277 g/mol. The molecule has 2 aliphatic rings. The van der Waals surface area contributed by atoms with Crippen molar-refractivity contribution in [3.63, 3.8) is 0 Å².